The summed E-state index contributed by atoms with van der Waals surface area (Å²) in [6, 6.07) is 7.50. The Kier molecular flexibility index (Phi) is 4.31. The van der Waals surface area contributed by atoms with Gasteiger partial charge in [0, 0.05) is 38.4 Å². The van der Waals surface area contributed by atoms with E-state index in [1.807, 2.05) is 43.3 Å². The van der Waals surface area contributed by atoms with Gasteiger partial charge in [-0.2, -0.15) is 0 Å². The van der Waals surface area contributed by atoms with Gasteiger partial charge in [-0.15, -0.1) is 0 Å². The number of Topliss-reactive ketones (excluding diaryl/α,β-unsaturated/α-hetero) is 1. The Balaban J connectivity index is 2.67. The van der Waals surface area contributed by atoms with Gasteiger partial charge >= 0.3 is 0 Å². The van der Waals surface area contributed by atoms with Crippen LogP contribution in [0.3, 0.4) is 0 Å². The van der Waals surface area contributed by atoms with Gasteiger partial charge in [0.25, 0.3) is 0 Å². The zero-order valence-electron chi connectivity index (χ0n) is 9.23. The molecule has 3 nitrogen and oxygen atoms in total. The molecule has 0 bridgehead atoms. The lowest BCUT2D eigenvalue weighted by molar-refractivity contribution is 0.0971. The average Bonchev–Trinajstić information content (AvgIpc) is 2.26. The molecule has 0 aliphatic rings. The number of hydrogen-bond donors (Lipinski definition) is 1. The Hall–Kier alpha value is -1.35. The van der Waals surface area contributed by atoms with E-state index < -0.39 is 0 Å². The van der Waals surface area contributed by atoms with E-state index in [1.54, 1.807) is 0 Å². The molecule has 0 aromatic heterocycles. The number of nitrogens with zero attached hydrogens (tertiary/aromatic N) is 1. The first-order valence-electron chi connectivity index (χ1n) is 5.06. The highest BCUT2D eigenvalue weighted by Gasteiger charge is 2.05. The second-order valence-corrected chi connectivity index (χ2v) is 3.69. The van der Waals surface area contributed by atoms with Crippen LogP contribution in [-0.2, 0) is 0 Å². The van der Waals surface area contributed by atoms with E-state index in [9.17, 15) is 4.79 Å². The third-order valence-corrected chi connectivity index (χ3v) is 2.27. The van der Waals surface area contributed by atoms with Gasteiger partial charge in [-0.05, 0) is 30.7 Å². The average molecular weight is 207 g/mol. The molecule has 1 N–H and O–H groups in total. The SMILES string of the molecule is CN(C)c1ccc(C(=O)CCCO)cc1. The summed E-state index contributed by atoms with van der Waals surface area (Å²) in [5.41, 5.74) is 1.79. The van der Waals surface area contributed by atoms with Crippen LogP contribution in [-0.4, -0.2) is 31.6 Å². The van der Waals surface area contributed by atoms with Gasteiger partial charge in [0.2, 0.25) is 0 Å². The van der Waals surface area contributed by atoms with Crippen molar-refractivity contribution >= 4 is 11.5 Å². The molecule has 1 aromatic rings. The molecular formula is C12H17NO2. The van der Waals surface area contributed by atoms with Crippen LogP contribution in [0.5, 0.6) is 0 Å². The van der Waals surface area contributed by atoms with Crippen molar-refractivity contribution in [3.63, 3.8) is 0 Å². The van der Waals surface area contributed by atoms with E-state index in [1.165, 1.54) is 0 Å². The van der Waals surface area contributed by atoms with Crippen molar-refractivity contribution < 1.29 is 9.90 Å². The molecular weight excluding hydrogens is 190 g/mol. The quantitative estimate of drug-likeness (QED) is 0.747. The van der Waals surface area contributed by atoms with Crippen LogP contribution < -0.4 is 4.90 Å². The minimum Gasteiger partial charge on any atom is -0.396 e. The van der Waals surface area contributed by atoms with Gasteiger partial charge in [0.1, 0.15) is 0 Å². The highest BCUT2D eigenvalue weighted by atomic mass is 16.3. The third kappa shape index (κ3) is 3.36. The molecule has 0 aliphatic heterocycles. The van der Waals surface area contributed by atoms with Gasteiger partial charge < -0.3 is 10.0 Å². The molecule has 15 heavy (non-hydrogen) atoms. The second-order valence-electron chi connectivity index (χ2n) is 3.69. The van der Waals surface area contributed by atoms with E-state index in [-0.39, 0.29) is 12.4 Å². The molecule has 82 valence electrons. The Morgan fingerprint density at radius 2 is 1.87 bits per heavy atom. The third-order valence-electron chi connectivity index (χ3n) is 2.27. The Bertz CT molecular complexity index is 317. The number of carbonyl (C=O) groups excluding carboxylic acids is 1. The molecule has 3 heteroatoms. The molecule has 0 aliphatic carbocycles. The number of carbonyl (C=O) groups is 1. The van der Waals surface area contributed by atoms with Gasteiger partial charge in [-0.25, -0.2) is 0 Å². The summed E-state index contributed by atoms with van der Waals surface area (Å²) >= 11 is 0. The fourth-order valence-electron chi connectivity index (χ4n) is 1.33. The number of rotatable bonds is 5. The predicted molar refractivity (Wildman–Crippen MR) is 61.4 cm³/mol. The molecule has 1 rings (SSSR count). The molecule has 0 saturated carbocycles. The summed E-state index contributed by atoms with van der Waals surface area (Å²) in [5, 5.41) is 8.62. The lowest BCUT2D eigenvalue weighted by Crippen LogP contribution is -2.08. The van der Waals surface area contributed by atoms with Gasteiger partial charge in [0.05, 0.1) is 0 Å². The second kappa shape index (κ2) is 5.51. The maximum absolute atomic E-state index is 11.6. The largest absolute Gasteiger partial charge is 0.396 e. The van der Waals surface area contributed by atoms with E-state index in [0.717, 1.165) is 5.69 Å². The molecule has 0 unspecified atom stereocenters. The Labute approximate surface area is 90.3 Å². The van der Waals surface area contributed by atoms with Crippen LogP contribution in [0, 0.1) is 0 Å². The van der Waals surface area contributed by atoms with E-state index in [4.69, 9.17) is 5.11 Å². The lowest BCUT2D eigenvalue weighted by Gasteiger charge is -2.12. The number of aliphatic hydroxyl groups excluding tert-OH is 1. The van der Waals surface area contributed by atoms with E-state index >= 15 is 0 Å². The molecule has 0 spiro atoms. The number of anilines is 1. The van der Waals surface area contributed by atoms with Crippen molar-refractivity contribution in [2.24, 2.45) is 0 Å². The summed E-state index contributed by atoms with van der Waals surface area (Å²) < 4.78 is 0. The molecule has 0 heterocycles. The highest BCUT2D eigenvalue weighted by Crippen LogP contribution is 2.13. The molecule has 1 aromatic carbocycles. The number of hydrogen-bond acceptors (Lipinski definition) is 3. The van der Waals surface area contributed by atoms with Crippen LogP contribution in [0.4, 0.5) is 5.69 Å². The van der Waals surface area contributed by atoms with Crippen LogP contribution in [0.2, 0.25) is 0 Å². The van der Waals surface area contributed by atoms with E-state index in [0.29, 0.717) is 18.4 Å². The first-order valence-corrected chi connectivity index (χ1v) is 5.06. The molecule has 0 saturated heterocycles. The zero-order valence-corrected chi connectivity index (χ0v) is 9.23. The molecule has 0 radical (unpaired) electrons. The van der Waals surface area contributed by atoms with Crippen LogP contribution in [0.15, 0.2) is 24.3 Å². The zero-order chi connectivity index (χ0) is 11.3. The van der Waals surface area contributed by atoms with Crippen molar-refractivity contribution in [3.05, 3.63) is 29.8 Å². The number of benzene rings is 1. The van der Waals surface area contributed by atoms with Crippen molar-refractivity contribution in [1.29, 1.82) is 0 Å². The lowest BCUT2D eigenvalue weighted by atomic mass is 10.1. The first-order chi connectivity index (χ1) is 7.15. The van der Waals surface area contributed by atoms with Crippen molar-refractivity contribution in [1.82, 2.24) is 0 Å². The molecule has 0 atom stereocenters. The summed E-state index contributed by atoms with van der Waals surface area (Å²) in [5.74, 6) is 0.0920. The van der Waals surface area contributed by atoms with Crippen molar-refractivity contribution in [2.45, 2.75) is 12.8 Å². The highest BCUT2D eigenvalue weighted by molar-refractivity contribution is 5.96. The fourth-order valence-corrected chi connectivity index (χ4v) is 1.33. The van der Waals surface area contributed by atoms with E-state index in [2.05, 4.69) is 0 Å². The normalized spacial score (nSPS) is 10.1. The van der Waals surface area contributed by atoms with Crippen LogP contribution in [0.1, 0.15) is 23.2 Å². The predicted octanol–water partition coefficient (Wildman–Crippen LogP) is 1.71. The van der Waals surface area contributed by atoms with Crippen LogP contribution >= 0.6 is 0 Å². The summed E-state index contributed by atoms with van der Waals surface area (Å²) in [4.78, 5) is 13.5. The number of aliphatic hydroxyl groups is 1. The summed E-state index contributed by atoms with van der Waals surface area (Å²) in [6.45, 7) is 0.0710. The van der Waals surface area contributed by atoms with Gasteiger partial charge in [-0.1, -0.05) is 0 Å². The van der Waals surface area contributed by atoms with Crippen molar-refractivity contribution in [2.75, 3.05) is 25.6 Å². The minimum atomic E-state index is 0.0710. The maximum atomic E-state index is 11.6. The Morgan fingerprint density at radius 3 is 2.33 bits per heavy atom. The molecule has 0 fully saturated rings. The standard InChI is InChI=1S/C12H17NO2/c1-13(2)11-7-5-10(6-8-11)12(15)4-3-9-14/h5-8,14H,3-4,9H2,1-2H3. The van der Waals surface area contributed by atoms with Gasteiger partial charge in [-0.3, -0.25) is 4.79 Å². The minimum absolute atomic E-state index is 0.0710. The summed E-state index contributed by atoms with van der Waals surface area (Å²) in [6.07, 6.45) is 0.950. The Morgan fingerprint density at radius 1 is 1.27 bits per heavy atom. The molecule has 0 amide bonds. The van der Waals surface area contributed by atoms with Gasteiger partial charge in [0.15, 0.2) is 5.78 Å². The van der Waals surface area contributed by atoms with Crippen LogP contribution in [0.25, 0.3) is 0 Å². The fraction of sp³-hybridized carbons (Fsp3) is 0.417. The smallest absolute Gasteiger partial charge is 0.162 e. The maximum Gasteiger partial charge on any atom is 0.162 e. The number of ketones is 1. The monoisotopic (exact) mass is 207 g/mol. The van der Waals surface area contributed by atoms with Crippen molar-refractivity contribution in [3.8, 4) is 0 Å². The summed E-state index contributed by atoms with van der Waals surface area (Å²) in [7, 11) is 3.92. The topological polar surface area (TPSA) is 40.5 Å². The first kappa shape index (κ1) is 11.7.